The van der Waals surface area contributed by atoms with Crippen LogP contribution in [0, 0.1) is 17.5 Å². The van der Waals surface area contributed by atoms with E-state index >= 15 is 0 Å². The largest absolute Gasteiger partial charge is 0.488 e. The molecular weight excluding hydrogens is 285 g/mol. The number of nitrogens with zero attached hydrogens (tertiary/aromatic N) is 1. The number of hydrogen-bond acceptors (Lipinski definition) is 3. The first-order valence-corrected chi connectivity index (χ1v) is 5.86. The van der Waals surface area contributed by atoms with E-state index in [0.717, 1.165) is 12.1 Å². The second-order valence-corrected chi connectivity index (χ2v) is 4.10. The highest BCUT2D eigenvalue weighted by atomic mass is 19.2. The van der Waals surface area contributed by atoms with Gasteiger partial charge in [0.15, 0.2) is 17.5 Å². The van der Waals surface area contributed by atoms with Gasteiger partial charge in [-0.3, -0.25) is 0 Å². The van der Waals surface area contributed by atoms with Crippen LogP contribution < -0.4 is 10.5 Å². The van der Waals surface area contributed by atoms with Gasteiger partial charge in [0.25, 0.3) is 0 Å². The lowest BCUT2D eigenvalue weighted by Gasteiger charge is -2.12. The average Bonchev–Trinajstić information content (AvgIpc) is 2.48. The molecule has 0 heterocycles. The van der Waals surface area contributed by atoms with Crippen molar-refractivity contribution in [1.82, 2.24) is 0 Å². The molecule has 0 atom stereocenters. The Hall–Kier alpha value is -2.70. The summed E-state index contributed by atoms with van der Waals surface area (Å²) >= 11 is 0. The number of rotatable bonds is 4. The first-order valence-electron chi connectivity index (χ1n) is 5.86. The van der Waals surface area contributed by atoms with Crippen LogP contribution in [-0.2, 0) is 6.61 Å². The summed E-state index contributed by atoms with van der Waals surface area (Å²) in [5.41, 5.74) is 5.07. The van der Waals surface area contributed by atoms with Crippen molar-refractivity contribution < 1.29 is 23.1 Å². The molecule has 110 valence electrons. The maximum Gasteiger partial charge on any atom is 0.176 e. The van der Waals surface area contributed by atoms with Crippen molar-refractivity contribution in [3.8, 4) is 5.75 Å². The quantitative estimate of drug-likeness (QED) is 0.394. The number of ether oxygens (including phenoxy) is 1. The Kier molecular flexibility index (Phi) is 4.32. The molecule has 0 aromatic heterocycles. The minimum Gasteiger partial charge on any atom is -0.488 e. The Morgan fingerprint density at radius 3 is 2.48 bits per heavy atom. The summed E-state index contributed by atoms with van der Waals surface area (Å²) in [4.78, 5) is 0. The van der Waals surface area contributed by atoms with Crippen LogP contribution in [0.2, 0.25) is 0 Å². The zero-order valence-electron chi connectivity index (χ0n) is 10.7. The van der Waals surface area contributed by atoms with E-state index < -0.39 is 23.3 Å². The van der Waals surface area contributed by atoms with Gasteiger partial charge in [-0.15, -0.1) is 0 Å². The molecule has 0 saturated carbocycles. The Morgan fingerprint density at radius 1 is 1.10 bits per heavy atom. The van der Waals surface area contributed by atoms with Crippen molar-refractivity contribution >= 4 is 5.84 Å². The number of nitrogens with two attached hydrogens (primary N) is 1. The van der Waals surface area contributed by atoms with Crippen LogP contribution in [0.3, 0.4) is 0 Å². The molecule has 0 aliphatic heterocycles. The predicted molar refractivity (Wildman–Crippen MR) is 69.6 cm³/mol. The summed E-state index contributed by atoms with van der Waals surface area (Å²) in [7, 11) is 0. The van der Waals surface area contributed by atoms with Crippen molar-refractivity contribution in [1.29, 1.82) is 0 Å². The standard InChI is InChI=1S/C14H11F3N2O2/c15-9-4-2-6-11(12(9)14(18)19-20)21-7-8-3-1-5-10(16)13(8)17/h1-6,20H,7H2,(H2,18,19). The summed E-state index contributed by atoms with van der Waals surface area (Å²) in [6, 6.07) is 7.45. The van der Waals surface area contributed by atoms with E-state index in [0.29, 0.717) is 0 Å². The third-order valence-corrected chi connectivity index (χ3v) is 2.75. The molecule has 3 N–H and O–H groups in total. The Bertz CT molecular complexity index is 690. The molecule has 2 rings (SSSR count). The van der Waals surface area contributed by atoms with E-state index in [4.69, 9.17) is 15.7 Å². The molecular formula is C14H11F3N2O2. The van der Waals surface area contributed by atoms with Gasteiger partial charge >= 0.3 is 0 Å². The molecule has 21 heavy (non-hydrogen) atoms. The molecule has 7 heteroatoms. The van der Waals surface area contributed by atoms with E-state index in [-0.39, 0.29) is 23.5 Å². The predicted octanol–water partition coefficient (Wildman–Crippen LogP) is 2.78. The van der Waals surface area contributed by atoms with E-state index in [1.165, 1.54) is 24.3 Å². The normalized spacial score (nSPS) is 11.5. The lowest BCUT2D eigenvalue weighted by molar-refractivity contribution is 0.293. The van der Waals surface area contributed by atoms with Crippen LogP contribution >= 0.6 is 0 Å². The Labute approximate surface area is 118 Å². The van der Waals surface area contributed by atoms with Gasteiger partial charge in [-0.2, -0.15) is 0 Å². The first-order chi connectivity index (χ1) is 10.0. The molecule has 0 unspecified atom stereocenters. The zero-order valence-corrected chi connectivity index (χ0v) is 10.7. The zero-order chi connectivity index (χ0) is 15.4. The monoisotopic (exact) mass is 296 g/mol. The maximum absolute atomic E-state index is 13.7. The second-order valence-electron chi connectivity index (χ2n) is 4.10. The van der Waals surface area contributed by atoms with Crippen LogP contribution in [0.15, 0.2) is 41.6 Å². The molecule has 4 nitrogen and oxygen atoms in total. The molecule has 0 radical (unpaired) electrons. The van der Waals surface area contributed by atoms with E-state index in [2.05, 4.69) is 5.16 Å². The maximum atomic E-state index is 13.7. The number of hydrogen-bond donors (Lipinski definition) is 2. The van der Waals surface area contributed by atoms with Crippen molar-refractivity contribution in [3.63, 3.8) is 0 Å². The summed E-state index contributed by atoms with van der Waals surface area (Å²) in [6.07, 6.45) is 0. The van der Waals surface area contributed by atoms with Gasteiger partial charge in [-0.25, -0.2) is 13.2 Å². The first kappa shape index (κ1) is 14.7. The van der Waals surface area contributed by atoms with Gasteiger partial charge in [0.05, 0.1) is 5.56 Å². The van der Waals surface area contributed by atoms with E-state index in [1.807, 2.05) is 0 Å². The lowest BCUT2D eigenvalue weighted by Crippen LogP contribution is -2.17. The van der Waals surface area contributed by atoms with Crippen molar-refractivity contribution in [2.24, 2.45) is 10.9 Å². The van der Waals surface area contributed by atoms with Gasteiger partial charge < -0.3 is 15.7 Å². The van der Waals surface area contributed by atoms with E-state index in [1.54, 1.807) is 0 Å². The molecule has 0 bridgehead atoms. The fourth-order valence-electron chi connectivity index (χ4n) is 1.74. The highest BCUT2D eigenvalue weighted by Crippen LogP contribution is 2.23. The number of oxime groups is 1. The molecule has 0 aliphatic rings. The van der Waals surface area contributed by atoms with Crippen molar-refractivity contribution in [2.75, 3.05) is 0 Å². The van der Waals surface area contributed by atoms with Crippen LogP contribution in [0.25, 0.3) is 0 Å². The fourth-order valence-corrected chi connectivity index (χ4v) is 1.74. The smallest absolute Gasteiger partial charge is 0.176 e. The van der Waals surface area contributed by atoms with Crippen molar-refractivity contribution in [3.05, 3.63) is 65.0 Å². The molecule has 0 fully saturated rings. The molecule has 0 amide bonds. The van der Waals surface area contributed by atoms with E-state index in [9.17, 15) is 13.2 Å². The molecule has 0 saturated heterocycles. The SMILES string of the molecule is N/C(=N\O)c1c(F)cccc1OCc1cccc(F)c1F. The number of halogens is 3. The lowest BCUT2D eigenvalue weighted by atomic mass is 10.1. The van der Waals surface area contributed by atoms with Gasteiger partial charge in [-0.05, 0) is 18.2 Å². The third kappa shape index (κ3) is 3.07. The van der Waals surface area contributed by atoms with Gasteiger partial charge in [-0.1, -0.05) is 23.4 Å². The third-order valence-electron chi connectivity index (χ3n) is 2.75. The van der Waals surface area contributed by atoms with Crippen molar-refractivity contribution in [2.45, 2.75) is 6.61 Å². The Balaban J connectivity index is 2.29. The summed E-state index contributed by atoms with van der Waals surface area (Å²) in [6.45, 7) is -0.335. The van der Waals surface area contributed by atoms with Gasteiger partial charge in [0.2, 0.25) is 0 Å². The van der Waals surface area contributed by atoms with Crippen LogP contribution in [-0.4, -0.2) is 11.0 Å². The molecule has 2 aromatic rings. The summed E-state index contributed by atoms with van der Waals surface area (Å²) < 4.78 is 45.5. The van der Waals surface area contributed by atoms with Gasteiger partial charge in [0, 0.05) is 5.56 Å². The van der Waals surface area contributed by atoms with Crippen LogP contribution in [0.4, 0.5) is 13.2 Å². The highest BCUT2D eigenvalue weighted by Gasteiger charge is 2.15. The van der Waals surface area contributed by atoms with Gasteiger partial charge in [0.1, 0.15) is 18.2 Å². The number of amidine groups is 1. The summed E-state index contributed by atoms with van der Waals surface area (Å²) in [5.74, 6) is -3.34. The molecule has 0 aliphatic carbocycles. The molecule has 0 spiro atoms. The number of benzene rings is 2. The second kappa shape index (κ2) is 6.17. The van der Waals surface area contributed by atoms with Crippen LogP contribution in [0.5, 0.6) is 5.75 Å². The van der Waals surface area contributed by atoms with Crippen LogP contribution in [0.1, 0.15) is 11.1 Å². The summed E-state index contributed by atoms with van der Waals surface area (Å²) in [5, 5.41) is 11.3. The highest BCUT2D eigenvalue weighted by molar-refractivity contribution is 5.99. The fraction of sp³-hybridized carbons (Fsp3) is 0.0714. The Morgan fingerprint density at radius 2 is 1.76 bits per heavy atom. The topological polar surface area (TPSA) is 67.8 Å². The average molecular weight is 296 g/mol. The minimum absolute atomic E-state index is 0.0373. The minimum atomic E-state index is -1.04. The molecule has 2 aromatic carbocycles.